The fraction of sp³-hybridized carbons (Fsp3) is 0.500. The predicted molar refractivity (Wildman–Crippen MR) is 78.0 cm³/mol. The Morgan fingerprint density at radius 3 is 2.82 bits per heavy atom. The molecule has 0 bridgehead atoms. The molecule has 1 N–H and O–H groups in total. The summed E-state index contributed by atoms with van der Waals surface area (Å²) in [5.74, 6) is 0.685. The van der Waals surface area contributed by atoms with Gasteiger partial charge in [-0.2, -0.15) is 0 Å². The highest BCUT2D eigenvalue weighted by molar-refractivity contribution is 8.15. The van der Waals surface area contributed by atoms with Gasteiger partial charge in [-0.25, -0.2) is 0 Å². The SMILES string of the molecule is CCc1ccccc1NC1=NCC(C(C)C)S1. The Balaban J connectivity index is 2.03. The summed E-state index contributed by atoms with van der Waals surface area (Å²) in [4.78, 5) is 4.58. The maximum atomic E-state index is 4.58. The van der Waals surface area contributed by atoms with E-state index >= 15 is 0 Å². The molecule has 0 fully saturated rings. The molecule has 1 heterocycles. The lowest BCUT2D eigenvalue weighted by molar-refractivity contribution is 0.621. The Hall–Kier alpha value is -0.960. The monoisotopic (exact) mass is 248 g/mol. The Bertz CT molecular complexity index is 412. The topological polar surface area (TPSA) is 24.4 Å². The molecular weight excluding hydrogens is 228 g/mol. The van der Waals surface area contributed by atoms with E-state index in [1.165, 1.54) is 11.3 Å². The Morgan fingerprint density at radius 2 is 2.18 bits per heavy atom. The van der Waals surface area contributed by atoms with Crippen LogP contribution in [0.1, 0.15) is 26.3 Å². The zero-order valence-electron chi connectivity index (χ0n) is 10.7. The molecule has 0 spiro atoms. The predicted octanol–water partition coefficient (Wildman–Crippen LogP) is 3.79. The van der Waals surface area contributed by atoms with Crippen LogP contribution in [0.5, 0.6) is 0 Å². The van der Waals surface area contributed by atoms with Crippen molar-refractivity contribution >= 4 is 22.6 Å². The van der Waals surface area contributed by atoms with Crippen molar-refractivity contribution in [3.05, 3.63) is 29.8 Å². The third-order valence-electron chi connectivity index (χ3n) is 3.06. The summed E-state index contributed by atoms with van der Waals surface area (Å²) < 4.78 is 0. The largest absolute Gasteiger partial charge is 0.335 e. The zero-order chi connectivity index (χ0) is 12.3. The lowest BCUT2D eigenvalue weighted by Crippen LogP contribution is -2.13. The summed E-state index contributed by atoms with van der Waals surface area (Å²) in [6, 6.07) is 8.46. The van der Waals surface area contributed by atoms with Gasteiger partial charge in [0.05, 0.1) is 6.54 Å². The minimum Gasteiger partial charge on any atom is -0.335 e. The third-order valence-corrected chi connectivity index (χ3v) is 4.51. The minimum atomic E-state index is 0.631. The Labute approximate surface area is 108 Å². The van der Waals surface area contributed by atoms with Gasteiger partial charge < -0.3 is 5.32 Å². The van der Waals surface area contributed by atoms with Gasteiger partial charge in [0.15, 0.2) is 5.17 Å². The van der Waals surface area contributed by atoms with Crippen LogP contribution in [-0.2, 0) is 6.42 Å². The molecule has 1 aliphatic rings. The van der Waals surface area contributed by atoms with Crippen molar-refractivity contribution in [2.24, 2.45) is 10.9 Å². The molecule has 2 rings (SSSR count). The molecule has 1 aromatic carbocycles. The molecule has 0 aliphatic carbocycles. The highest BCUT2D eigenvalue weighted by atomic mass is 32.2. The summed E-state index contributed by atoms with van der Waals surface area (Å²) >= 11 is 1.87. The van der Waals surface area contributed by atoms with Gasteiger partial charge in [-0.3, -0.25) is 4.99 Å². The smallest absolute Gasteiger partial charge is 0.161 e. The van der Waals surface area contributed by atoms with Crippen LogP contribution in [0.15, 0.2) is 29.3 Å². The molecule has 3 heteroatoms. The lowest BCUT2D eigenvalue weighted by atomic mass is 10.1. The summed E-state index contributed by atoms with van der Waals surface area (Å²) in [5, 5.41) is 5.16. The van der Waals surface area contributed by atoms with Crippen LogP contribution in [0.4, 0.5) is 5.69 Å². The first kappa shape index (κ1) is 12.5. The number of nitrogens with one attached hydrogen (secondary N) is 1. The highest BCUT2D eigenvalue weighted by Gasteiger charge is 2.22. The van der Waals surface area contributed by atoms with Crippen LogP contribution >= 0.6 is 11.8 Å². The first-order chi connectivity index (χ1) is 8.20. The Kier molecular flexibility index (Phi) is 4.11. The van der Waals surface area contributed by atoms with Crippen molar-refractivity contribution in [3.63, 3.8) is 0 Å². The van der Waals surface area contributed by atoms with Crippen LogP contribution in [0.2, 0.25) is 0 Å². The molecule has 17 heavy (non-hydrogen) atoms. The van der Waals surface area contributed by atoms with E-state index in [9.17, 15) is 0 Å². The molecule has 1 unspecified atom stereocenters. The van der Waals surface area contributed by atoms with Crippen molar-refractivity contribution in [1.82, 2.24) is 0 Å². The van der Waals surface area contributed by atoms with E-state index < -0.39 is 0 Å². The fourth-order valence-corrected chi connectivity index (χ4v) is 2.90. The van der Waals surface area contributed by atoms with Crippen LogP contribution in [0, 0.1) is 5.92 Å². The number of amidine groups is 1. The number of hydrogen-bond donors (Lipinski definition) is 1. The molecule has 92 valence electrons. The second-order valence-corrected chi connectivity index (χ2v) is 5.91. The number of hydrogen-bond acceptors (Lipinski definition) is 3. The summed E-state index contributed by atoms with van der Waals surface area (Å²) in [6.07, 6.45) is 1.05. The molecule has 0 aromatic heterocycles. The van der Waals surface area contributed by atoms with Crippen LogP contribution in [0.3, 0.4) is 0 Å². The summed E-state index contributed by atoms with van der Waals surface area (Å²) in [7, 11) is 0. The number of para-hydroxylation sites is 1. The molecule has 0 saturated carbocycles. The van der Waals surface area contributed by atoms with Crippen LogP contribution < -0.4 is 5.32 Å². The minimum absolute atomic E-state index is 0.631. The van der Waals surface area contributed by atoms with Gasteiger partial charge >= 0.3 is 0 Å². The molecule has 0 radical (unpaired) electrons. The van der Waals surface area contributed by atoms with Gasteiger partial charge in [0.1, 0.15) is 0 Å². The van der Waals surface area contributed by atoms with Gasteiger partial charge in [0, 0.05) is 10.9 Å². The summed E-state index contributed by atoms with van der Waals surface area (Å²) in [6.45, 7) is 7.65. The average molecular weight is 248 g/mol. The quantitative estimate of drug-likeness (QED) is 0.880. The summed E-state index contributed by atoms with van der Waals surface area (Å²) in [5.41, 5.74) is 2.55. The number of anilines is 1. The first-order valence-corrected chi connectivity index (χ1v) is 7.14. The number of nitrogens with zero attached hydrogens (tertiary/aromatic N) is 1. The van der Waals surface area contributed by atoms with E-state index in [2.05, 4.69) is 55.3 Å². The maximum absolute atomic E-state index is 4.58. The zero-order valence-corrected chi connectivity index (χ0v) is 11.6. The second kappa shape index (κ2) is 5.58. The molecule has 1 aromatic rings. The third kappa shape index (κ3) is 3.03. The maximum Gasteiger partial charge on any atom is 0.161 e. The molecule has 0 amide bonds. The van der Waals surface area contributed by atoms with E-state index in [-0.39, 0.29) is 0 Å². The van der Waals surface area contributed by atoms with Crippen LogP contribution in [0.25, 0.3) is 0 Å². The number of aryl methyl sites for hydroxylation is 1. The molecular formula is C14H20N2S. The molecule has 1 atom stereocenters. The highest BCUT2D eigenvalue weighted by Crippen LogP contribution is 2.28. The van der Waals surface area contributed by atoms with Gasteiger partial charge in [-0.05, 0) is 24.0 Å². The van der Waals surface area contributed by atoms with Crippen molar-refractivity contribution in [1.29, 1.82) is 0 Å². The average Bonchev–Trinajstić information content (AvgIpc) is 2.78. The fourth-order valence-electron chi connectivity index (χ4n) is 1.87. The van der Waals surface area contributed by atoms with Gasteiger partial charge in [0.2, 0.25) is 0 Å². The Morgan fingerprint density at radius 1 is 1.41 bits per heavy atom. The number of rotatable bonds is 3. The van der Waals surface area contributed by atoms with Gasteiger partial charge in [0.25, 0.3) is 0 Å². The first-order valence-electron chi connectivity index (χ1n) is 6.26. The van der Waals surface area contributed by atoms with Crippen molar-refractivity contribution in [3.8, 4) is 0 Å². The molecule has 2 nitrogen and oxygen atoms in total. The number of aliphatic imine (C=N–C) groups is 1. The van der Waals surface area contributed by atoms with E-state index in [1.807, 2.05) is 11.8 Å². The second-order valence-electron chi connectivity index (χ2n) is 4.68. The van der Waals surface area contributed by atoms with Gasteiger partial charge in [-0.15, -0.1) is 0 Å². The molecule has 1 aliphatic heterocycles. The van der Waals surface area contributed by atoms with Crippen molar-refractivity contribution < 1.29 is 0 Å². The van der Waals surface area contributed by atoms with E-state index in [0.717, 1.165) is 18.1 Å². The van der Waals surface area contributed by atoms with E-state index in [0.29, 0.717) is 11.2 Å². The van der Waals surface area contributed by atoms with Crippen LogP contribution in [-0.4, -0.2) is 17.0 Å². The molecule has 0 saturated heterocycles. The van der Waals surface area contributed by atoms with E-state index in [4.69, 9.17) is 0 Å². The van der Waals surface area contributed by atoms with Crippen molar-refractivity contribution in [2.45, 2.75) is 32.4 Å². The standard InChI is InChI=1S/C14H20N2S/c1-4-11-7-5-6-8-12(11)16-14-15-9-13(17-14)10(2)3/h5-8,10,13H,4,9H2,1-3H3,(H,15,16). The van der Waals surface area contributed by atoms with Crippen molar-refractivity contribution in [2.75, 3.05) is 11.9 Å². The van der Waals surface area contributed by atoms with E-state index in [1.54, 1.807) is 0 Å². The number of benzene rings is 1. The lowest BCUT2D eigenvalue weighted by Gasteiger charge is -2.13. The van der Waals surface area contributed by atoms with Gasteiger partial charge in [-0.1, -0.05) is 50.7 Å². The normalized spacial score (nSPS) is 19.5. The number of thioether (sulfide) groups is 1.